The second-order valence-corrected chi connectivity index (χ2v) is 13.1. The molecule has 0 saturated carbocycles. The minimum Gasteiger partial charge on any atom is -0.192 e. The van der Waals surface area contributed by atoms with E-state index in [-0.39, 0.29) is 0 Å². The van der Waals surface area contributed by atoms with Crippen LogP contribution < -0.4 is 0 Å². The summed E-state index contributed by atoms with van der Waals surface area (Å²) in [6, 6.07) is 62.0. The highest BCUT2D eigenvalue weighted by molar-refractivity contribution is 6.25. The summed E-state index contributed by atoms with van der Waals surface area (Å²) in [5.74, 6) is 0. The van der Waals surface area contributed by atoms with Gasteiger partial charge in [0.05, 0.1) is 11.6 Å². The number of benzene rings is 9. The predicted octanol–water partition coefficient (Wildman–Crippen LogP) is 12.7. The first-order chi connectivity index (χ1) is 24.3. The number of nitriles is 1. The van der Waals surface area contributed by atoms with Gasteiger partial charge in [0.25, 0.3) is 0 Å². The molecule has 0 atom stereocenters. The second kappa shape index (κ2) is 10.8. The van der Waals surface area contributed by atoms with Crippen molar-refractivity contribution in [1.82, 2.24) is 0 Å². The molecule has 0 fully saturated rings. The van der Waals surface area contributed by atoms with Gasteiger partial charge in [0, 0.05) is 6.42 Å². The van der Waals surface area contributed by atoms with Gasteiger partial charge in [0.2, 0.25) is 0 Å². The van der Waals surface area contributed by atoms with E-state index in [0.717, 1.165) is 17.5 Å². The third kappa shape index (κ3) is 4.11. The molecule has 9 aromatic carbocycles. The molecule has 0 amide bonds. The average molecular weight is 620 g/mol. The summed E-state index contributed by atoms with van der Waals surface area (Å²) in [5, 5.41) is 19.9. The van der Waals surface area contributed by atoms with E-state index in [1.165, 1.54) is 93.2 Å². The third-order valence-electron chi connectivity index (χ3n) is 10.6. The highest BCUT2D eigenvalue weighted by atomic mass is 14.3. The molecule has 9 aromatic rings. The van der Waals surface area contributed by atoms with Crippen LogP contribution in [0.15, 0.2) is 164 Å². The van der Waals surface area contributed by atoms with E-state index in [1.54, 1.807) is 0 Å². The van der Waals surface area contributed by atoms with Crippen LogP contribution in [0.5, 0.6) is 0 Å². The molecular formula is C48H29N. The van der Waals surface area contributed by atoms with Crippen LogP contribution in [-0.4, -0.2) is 0 Å². The molecule has 0 unspecified atom stereocenters. The van der Waals surface area contributed by atoms with Crippen molar-refractivity contribution in [3.63, 3.8) is 0 Å². The SMILES string of the molecule is N#Cc1cccc2c1Cc1c(-c3ccc4c(-c5cccc6ccccc56)c5ccccc5c(-c5cccc6ccccc56)c4c3)cccc1-2. The smallest absolute Gasteiger partial charge is 0.0994 e. The molecule has 0 N–H and O–H groups in total. The van der Waals surface area contributed by atoms with E-state index >= 15 is 0 Å². The van der Waals surface area contributed by atoms with Crippen molar-refractivity contribution in [3.05, 3.63) is 180 Å². The molecule has 0 bridgehead atoms. The molecule has 0 spiro atoms. The van der Waals surface area contributed by atoms with Crippen molar-refractivity contribution in [2.45, 2.75) is 6.42 Å². The lowest BCUT2D eigenvalue weighted by atomic mass is 9.82. The van der Waals surface area contributed by atoms with Gasteiger partial charge in [-0.05, 0) is 111 Å². The van der Waals surface area contributed by atoms with Gasteiger partial charge in [-0.2, -0.15) is 5.26 Å². The molecular weight excluding hydrogens is 591 g/mol. The lowest BCUT2D eigenvalue weighted by Gasteiger charge is -2.21. The van der Waals surface area contributed by atoms with Gasteiger partial charge in [-0.3, -0.25) is 0 Å². The van der Waals surface area contributed by atoms with Gasteiger partial charge in [-0.15, -0.1) is 0 Å². The summed E-state index contributed by atoms with van der Waals surface area (Å²) < 4.78 is 0. The Balaban J connectivity index is 1.33. The van der Waals surface area contributed by atoms with Gasteiger partial charge in [-0.1, -0.05) is 152 Å². The maximum Gasteiger partial charge on any atom is 0.0994 e. The molecule has 0 aromatic heterocycles. The summed E-state index contributed by atoms with van der Waals surface area (Å²) in [6.45, 7) is 0. The van der Waals surface area contributed by atoms with E-state index in [4.69, 9.17) is 0 Å². The van der Waals surface area contributed by atoms with Crippen molar-refractivity contribution in [2.24, 2.45) is 0 Å². The fraction of sp³-hybridized carbons (Fsp3) is 0.0208. The fourth-order valence-electron chi connectivity index (χ4n) is 8.42. The monoisotopic (exact) mass is 619 g/mol. The second-order valence-electron chi connectivity index (χ2n) is 13.1. The first kappa shape index (κ1) is 27.6. The molecule has 0 aliphatic heterocycles. The van der Waals surface area contributed by atoms with Crippen LogP contribution in [0.25, 0.3) is 87.6 Å². The Labute approximate surface area is 285 Å². The van der Waals surface area contributed by atoms with Crippen LogP contribution in [0.4, 0.5) is 0 Å². The molecule has 1 heteroatoms. The number of nitrogens with zero attached hydrogens (tertiary/aromatic N) is 1. The molecule has 1 nitrogen and oxygen atoms in total. The van der Waals surface area contributed by atoms with Crippen molar-refractivity contribution >= 4 is 43.1 Å². The quantitative estimate of drug-likeness (QED) is 0.181. The van der Waals surface area contributed by atoms with Gasteiger partial charge in [0.15, 0.2) is 0 Å². The average Bonchev–Trinajstić information content (AvgIpc) is 3.56. The van der Waals surface area contributed by atoms with Gasteiger partial charge in [0.1, 0.15) is 0 Å². The summed E-state index contributed by atoms with van der Waals surface area (Å²) in [6.07, 6.45) is 0.762. The maximum absolute atomic E-state index is 9.92. The predicted molar refractivity (Wildman–Crippen MR) is 206 cm³/mol. The Morgan fingerprint density at radius 2 is 0.837 bits per heavy atom. The van der Waals surface area contributed by atoms with Crippen LogP contribution in [0.3, 0.4) is 0 Å². The Kier molecular flexibility index (Phi) is 6.07. The zero-order valence-corrected chi connectivity index (χ0v) is 26.7. The van der Waals surface area contributed by atoms with Gasteiger partial charge < -0.3 is 0 Å². The standard InChI is InChI=1S/C48H29N/c49-29-33-15-9-21-37-38-22-10-20-36(45(38)28-44(33)37)32-25-26-43-46(27-32)48(40-24-8-14-31-12-2-4-17-35(31)40)42-19-6-5-18-41(42)47(43)39-23-7-13-30-11-1-3-16-34(30)39/h1-27H,28H2. The lowest BCUT2D eigenvalue weighted by Crippen LogP contribution is -1.94. The van der Waals surface area contributed by atoms with E-state index < -0.39 is 0 Å². The molecule has 0 saturated heterocycles. The first-order valence-electron chi connectivity index (χ1n) is 16.9. The Morgan fingerprint density at radius 3 is 1.49 bits per heavy atom. The summed E-state index contributed by atoms with van der Waals surface area (Å²) in [7, 11) is 0. The summed E-state index contributed by atoms with van der Waals surface area (Å²) in [5.41, 5.74) is 13.0. The zero-order chi connectivity index (χ0) is 32.5. The molecule has 226 valence electrons. The fourth-order valence-corrected chi connectivity index (χ4v) is 8.42. The number of rotatable bonds is 3. The maximum atomic E-state index is 9.92. The number of hydrogen-bond acceptors (Lipinski definition) is 1. The van der Waals surface area contributed by atoms with Crippen molar-refractivity contribution in [3.8, 4) is 50.6 Å². The lowest BCUT2D eigenvalue weighted by molar-refractivity contribution is 1.24. The minimum atomic E-state index is 0.762. The third-order valence-corrected chi connectivity index (χ3v) is 10.6. The van der Waals surface area contributed by atoms with Crippen LogP contribution in [0, 0.1) is 11.3 Å². The summed E-state index contributed by atoms with van der Waals surface area (Å²) >= 11 is 0. The highest BCUT2D eigenvalue weighted by Crippen LogP contribution is 2.49. The van der Waals surface area contributed by atoms with E-state index in [2.05, 4.69) is 158 Å². The molecule has 10 rings (SSSR count). The highest BCUT2D eigenvalue weighted by Gasteiger charge is 2.25. The zero-order valence-electron chi connectivity index (χ0n) is 26.7. The Hall–Kier alpha value is -6.49. The summed E-state index contributed by atoms with van der Waals surface area (Å²) in [4.78, 5) is 0. The van der Waals surface area contributed by atoms with Crippen LogP contribution >= 0.6 is 0 Å². The van der Waals surface area contributed by atoms with Gasteiger partial charge >= 0.3 is 0 Å². The largest absolute Gasteiger partial charge is 0.192 e. The van der Waals surface area contributed by atoms with Crippen LogP contribution in [0.2, 0.25) is 0 Å². The van der Waals surface area contributed by atoms with Crippen LogP contribution in [-0.2, 0) is 6.42 Å². The number of fused-ring (bicyclic) bond motifs is 7. The molecule has 1 aliphatic rings. The molecule has 49 heavy (non-hydrogen) atoms. The van der Waals surface area contributed by atoms with Crippen molar-refractivity contribution < 1.29 is 0 Å². The van der Waals surface area contributed by atoms with E-state index in [9.17, 15) is 5.26 Å². The number of hydrogen-bond donors (Lipinski definition) is 0. The molecule has 0 heterocycles. The topological polar surface area (TPSA) is 23.8 Å². The van der Waals surface area contributed by atoms with Crippen LogP contribution in [0.1, 0.15) is 16.7 Å². The van der Waals surface area contributed by atoms with Crippen molar-refractivity contribution in [1.29, 1.82) is 5.26 Å². The van der Waals surface area contributed by atoms with E-state index in [1.807, 2.05) is 12.1 Å². The minimum absolute atomic E-state index is 0.762. The van der Waals surface area contributed by atoms with Gasteiger partial charge in [-0.25, -0.2) is 0 Å². The first-order valence-corrected chi connectivity index (χ1v) is 16.9. The van der Waals surface area contributed by atoms with E-state index in [0.29, 0.717) is 0 Å². The molecule has 1 aliphatic carbocycles. The normalized spacial score (nSPS) is 12.0. The Bertz CT molecular complexity index is 2860. The Morgan fingerprint density at radius 1 is 0.367 bits per heavy atom. The van der Waals surface area contributed by atoms with Crippen molar-refractivity contribution in [2.75, 3.05) is 0 Å². The molecule has 0 radical (unpaired) electrons.